The van der Waals surface area contributed by atoms with Gasteiger partial charge < -0.3 is 23.1 Å². The van der Waals surface area contributed by atoms with Crippen LogP contribution in [-0.2, 0) is 34.5 Å². The molecular formula is C32H54O6Si2. The number of rotatable bonds is 15. The van der Waals surface area contributed by atoms with Crippen molar-refractivity contribution in [2.24, 2.45) is 0 Å². The number of hydrogen-bond acceptors (Lipinski definition) is 6. The van der Waals surface area contributed by atoms with Crippen molar-refractivity contribution in [1.82, 2.24) is 0 Å². The van der Waals surface area contributed by atoms with Crippen LogP contribution in [0.4, 0.5) is 0 Å². The van der Waals surface area contributed by atoms with Crippen molar-refractivity contribution in [2.75, 3.05) is 20.3 Å². The predicted octanol–water partition coefficient (Wildman–Crippen LogP) is 7.51. The second-order valence-electron chi connectivity index (χ2n) is 13.2. The van der Waals surface area contributed by atoms with E-state index in [9.17, 15) is 4.79 Å². The molecule has 0 heterocycles. The molecule has 226 valence electrons. The molecule has 0 aliphatic carbocycles. The van der Waals surface area contributed by atoms with Crippen LogP contribution >= 0.6 is 0 Å². The number of esters is 1. The van der Waals surface area contributed by atoms with Crippen molar-refractivity contribution in [3.05, 3.63) is 48.6 Å². The van der Waals surface area contributed by atoms with Gasteiger partial charge in [-0.1, -0.05) is 83.9 Å². The van der Waals surface area contributed by atoms with Crippen molar-refractivity contribution in [2.45, 2.75) is 116 Å². The molecule has 0 spiro atoms. The highest BCUT2D eigenvalue weighted by atomic mass is 28.4. The van der Waals surface area contributed by atoms with Crippen LogP contribution in [-0.4, -0.2) is 61.2 Å². The summed E-state index contributed by atoms with van der Waals surface area (Å²) in [5, 5.41) is -0.0224. The van der Waals surface area contributed by atoms with Crippen LogP contribution in [0, 0.1) is 11.8 Å². The standard InChI is InChI=1S/C32H54O6Si2/c1-13-27(37-39(9,10)31(2,3)4)30(36-24-18-23-35-25-26-19-15-14-16-20-26)28(21-17-22-29(33)34-8)38-40(11,12)32(5,6)7/h13-16,19-20,27-28,30H,1,18,21,23-25H2,2-12H3/t27-,28-,30+/m1/s1. The molecule has 0 bridgehead atoms. The minimum atomic E-state index is -2.23. The summed E-state index contributed by atoms with van der Waals surface area (Å²) in [4.78, 5) is 11.8. The van der Waals surface area contributed by atoms with E-state index >= 15 is 0 Å². The zero-order valence-corrected chi connectivity index (χ0v) is 28.9. The maximum Gasteiger partial charge on any atom is 0.384 e. The normalized spacial score (nSPS) is 15.0. The Morgan fingerprint density at radius 2 is 1.52 bits per heavy atom. The van der Waals surface area contributed by atoms with E-state index < -0.39 is 40.9 Å². The fourth-order valence-electron chi connectivity index (χ4n) is 3.38. The molecule has 0 aliphatic rings. The number of carbonyl (C=O) groups is 1. The van der Waals surface area contributed by atoms with Gasteiger partial charge in [-0.3, -0.25) is 0 Å². The Labute approximate surface area is 246 Å². The topological polar surface area (TPSA) is 63.2 Å². The molecule has 0 N–H and O–H groups in total. The summed E-state index contributed by atoms with van der Waals surface area (Å²) in [6.45, 7) is 27.8. The molecule has 1 aromatic rings. The summed E-state index contributed by atoms with van der Waals surface area (Å²) in [5.74, 6) is 4.97. The van der Waals surface area contributed by atoms with Crippen molar-refractivity contribution >= 4 is 22.6 Å². The lowest BCUT2D eigenvalue weighted by Crippen LogP contribution is -2.53. The SMILES string of the molecule is C=C[C@@H](O[Si](C)(C)C(C)(C)C)[C@H](OCCCOCc1ccccc1)[C@@H](CC#CC(=O)OC)O[Si](C)(C)C(C)(C)C. The molecule has 0 amide bonds. The van der Waals surface area contributed by atoms with Gasteiger partial charge in [0.05, 0.1) is 25.9 Å². The smallest absolute Gasteiger partial charge is 0.384 e. The molecule has 0 saturated carbocycles. The van der Waals surface area contributed by atoms with Gasteiger partial charge in [-0.2, -0.15) is 0 Å². The highest BCUT2D eigenvalue weighted by Crippen LogP contribution is 2.40. The number of ether oxygens (including phenoxy) is 3. The van der Waals surface area contributed by atoms with Crippen LogP contribution in [0.25, 0.3) is 0 Å². The first kappa shape index (κ1) is 36.3. The highest BCUT2D eigenvalue weighted by Gasteiger charge is 2.45. The Balaban J connectivity index is 3.22. The van der Waals surface area contributed by atoms with Crippen molar-refractivity contribution in [1.29, 1.82) is 0 Å². The molecule has 1 aromatic carbocycles. The van der Waals surface area contributed by atoms with Crippen molar-refractivity contribution in [3.8, 4) is 11.8 Å². The lowest BCUT2D eigenvalue weighted by atomic mass is 10.1. The summed E-state index contributed by atoms with van der Waals surface area (Å²) in [6, 6.07) is 10.1. The maximum atomic E-state index is 11.8. The van der Waals surface area contributed by atoms with Gasteiger partial charge in [-0.25, -0.2) is 4.79 Å². The average Bonchev–Trinajstić information content (AvgIpc) is 2.85. The van der Waals surface area contributed by atoms with E-state index in [0.717, 1.165) is 5.56 Å². The Morgan fingerprint density at radius 3 is 2.05 bits per heavy atom. The molecule has 0 aromatic heterocycles. The number of hydrogen-bond donors (Lipinski definition) is 0. The predicted molar refractivity (Wildman–Crippen MR) is 169 cm³/mol. The minimum absolute atomic E-state index is 0.00453. The zero-order chi connectivity index (χ0) is 30.6. The van der Waals surface area contributed by atoms with E-state index in [-0.39, 0.29) is 10.1 Å². The second-order valence-corrected chi connectivity index (χ2v) is 22.7. The Bertz CT molecular complexity index is 967. The molecule has 0 aliphatic heterocycles. The van der Waals surface area contributed by atoms with Gasteiger partial charge in [0.25, 0.3) is 0 Å². The summed E-state index contributed by atoms with van der Waals surface area (Å²) in [6.07, 6.45) is 1.57. The summed E-state index contributed by atoms with van der Waals surface area (Å²) < 4.78 is 30.9. The van der Waals surface area contributed by atoms with Crippen LogP contribution < -0.4 is 0 Å². The monoisotopic (exact) mass is 590 g/mol. The lowest BCUT2D eigenvalue weighted by Gasteiger charge is -2.44. The van der Waals surface area contributed by atoms with Gasteiger partial charge in [0.1, 0.15) is 6.10 Å². The van der Waals surface area contributed by atoms with E-state index in [2.05, 4.69) is 98.3 Å². The molecular weight excluding hydrogens is 537 g/mol. The van der Waals surface area contributed by atoms with Gasteiger partial charge in [0.2, 0.25) is 0 Å². The number of benzene rings is 1. The summed E-state index contributed by atoms with van der Waals surface area (Å²) in [7, 11) is -3.08. The molecule has 6 nitrogen and oxygen atoms in total. The fraction of sp³-hybridized carbons (Fsp3) is 0.656. The van der Waals surface area contributed by atoms with E-state index in [0.29, 0.717) is 32.7 Å². The Kier molecular flexibility index (Phi) is 14.6. The fourth-order valence-corrected chi connectivity index (χ4v) is 5.97. The van der Waals surface area contributed by atoms with Gasteiger partial charge in [-0.05, 0) is 48.2 Å². The Morgan fingerprint density at radius 1 is 0.950 bits per heavy atom. The van der Waals surface area contributed by atoms with Gasteiger partial charge in [0, 0.05) is 25.6 Å². The zero-order valence-electron chi connectivity index (χ0n) is 26.9. The summed E-state index contributed by atoms with van der Waals surface area (Å²) >= 11 is 0. The molecule has 0 unspecified atom stereocenters. The van der Waals surface area contributed by atoms with Crippen LogP contribution in [0.15, 0.2) is 43.0 Å². The van der Waals surface area contributed by atoms with Crippen molar-refractivity contribution in [3.63, 3.8) is 0 Å². The van der Waals surface area contributed by atoms with E-state index in [1.54, 1.807) is 0 Å². The van der Waals surface area contributed by atoms with E-state index in [1.807, 2.05) is 24.3 Å². The number of carbonyl (C=O) groups excluding carboxylic acids is 1. The van der Waals surface area contributed by atoms with E-state index in [1.165, 1.54) is 7.11 Å². The third-order valence-corrected chi connectivity index (χ3v) is 16.9. The van der Waals surface area contributed by atoms with Crippen LogP contribution in [0.2, 0.25) is 36.3 Å². The van der Waals surface area contributed by atoms with Crippen LogP contribution in [0.5, 0.6) is 0 Å². The first-order valence-electron chi connectivity index (χ1n) is 14.2. The van der Waals surface area contributed by atoms with Crippen LogP contribution in [0.3, 0.4) is 0 Å². The van der Waals surface area contributed by atoms with Gasteiger partial charge in [0.15, 0.2) is 16.6 Å². The third-order valence-electron chi connectivity index (χ3n) is 7.95. The molecule has 40 heavy (non-hydrogen) atoms. The molecule has 0 radical (unpaired) electrons. The first-order valence-corrected chi connectivity index (χ1v) is 20.0. The maximum absolute atomic E-state index is 11.8. The first-order chi connectivity index (χ1) is 18.4. The van der Waals surface area contributed by atoms with Gasteiger partial charge >= 0.3 is 5.97 Å². The molecule has 8 heteroatoms. The third kappa shape index (κ3) is 12.0. The lowest BCUT2D eigenvalue weighted by molar-refractivity contribution is -0.133. The largest absolute Gasteiger partial charge is 0.459 e. The molecule has 3 atom stereocenters. The van der Waals surface area contributed by atoms with Gasteiger partial charge in [-0.15, -0.1) is 6.58 Å². The van der Waals surface area contributed by atoms with Crippen molar-refractivity contribution < 1.29 is 27.9 Å². The molecule has 0 saturated heterocycles. The quantitative estimate of drug-likeness (QED) is 0.0526. The Hall–Kier alpha value is -1.74. The summed E-state index contributed by atoms with van der Waals surface area (Å²) in [5.41, 5.74) is 1.14. The minimum Gasteiger partial charge on any atom is -0.459 e. The van der Waals surface area contributed by atoms with E-state index in [4.69, 9.17) is 23.1 Å². The number of methoxy groups -OCH3 is 1. The highest BCUT2D eigenvalue weighted by molar-refractivity contribution is 6.74. The second kappa shape index (κ2) is 16.0. The molecule has 1 rings (SSSR count). The van der Waals surface area contributed by atoms with Crippen LogP contribution in [0.1, 0.15) is 59.9 Å². The average molecular weight is 591 g/mol. The molecule has 0 fully saturated rings.